The number of nitrogens with two attached hydrogens (primary N) is 1. The van der Waals surface area contributed by atoms with E-state index < -0.39 is 0 Å². The van der Waals surface area contributed by atoms with E-state index in [1.54, 1.807) is 6.20 Å². The number of pyridine rings is 1. The summed E-state index contributed by atoms with van der Waals surface area (Å²) in [6, 6.07) is 7.67. The lowest BCUT2D eigenvalue weighted by Crippen LogP contribution is -2.47. The summed E-state index contributed by atoms with van der Waals surface area (Å²) >= 11 is 0. The molecule has 1 amide bonds. The van der Waals surface area contributed by atoms with Gasteiger partial charge in [0.15, 0.2) is 17.3 Å². The number of benzene rings is 1. The molecule has 0 bridgehead atoms. The quantitative estimate of drug-likeness (QED) is 0.521. The van der Waals surface area contributed by atoms with Crippen molar-refractivity contribution in [3.8, 4) is 22.6 Å². The number of hydrogen-bond donors (Lipinski definition) is 1. The zero-order valence-electron chi connectivity index (χ0n) is 18.0. The van der Waals surface area contributed by atoms with Crippen molar-refractivity contribution < 1.29 is 9.42 Å². The fourth-order valence-corrected chi connectivity index (χ4v) is 4.12. The maximum absolute atomic E-state index is 12.9. The second-order valence-electron chi connectivity index (χ2n) is 7.91. The van der Waals surface area contributed by atoms with E-state index >= 15 is 0 Å². The highest BCUT2D eigenvalue weighted by atomic mass is 16.6. The summed E-state index contributed by atoms with van der Waals surface area (Å²) in [7, 11) is 2.07. The number of hydrogen-bond acceptors (Lipinski definition) is 8. The molecule has 4 heterocycles. The molecule has 5 rings (SSSR count). The van der Waals surface area contributed by atoms with Crippen molar-refractivity contribution in [3.05, 3.63) is 42.2 Å². The minimum atomic E-state index is 0.0656. The number of aromatic nitrogens is 5. The van der Waals surface area contributed by atoms with Crippen LogP contribution in [0.5, 0.6) is 0 Å². The Bertz CT molecular complexity index is 1270. The molecule has 1 aliphatic heterocycles. The Morgan fingerprint density at radius 3 is 2.50 bits per heavy atom. The van der Waals surface area contributed by atoms with Gasteiger partial charge in [0.25, 0.3) is 5.91 Å². The Kier molecular flexibility index (Phi) is 5.06. The predicted octanol–water partition coefficient (Wildman–Crippen LogP) is 2.14. The van der Waals surface area contributed by atoms with E-state index in [1.807, 2.05) is 46.9 Å². The predicted molar refractivity (Wildman–Crippen MR) is 120 cm³/mol. The summed E-state index contributed by atoms with van der Waals surface area (Å²) in [6.45, 7) is 5.96. The van der Waals surface area contributed by atoms with Crippen LogP contribution < -0.4 is 5.73 Å². The Balaban J connectivity index is 1.52. The number of fused-ring (bicyclic) bond motifs is 1. The Morgan fingerprint density at radius 1 is 1.09 bits per heavy atom. The molecule has 0 spiro atoms. The molecular weight excluding hydrogens is 408 g/mol. The van der Waals surface area contributed by atoms with Crippen LogP contribution in [-0.2, 0) is 6.54 Å². The number of nitrogens with zero attached hydrogens (tertiary/aromatic N) is 7. The molecule has 0 atom stereocenters. The summed E-state index contributed by atoms with van der Waals surface area (Å²) in [4.78, 5) is 26.1. The molecule has 0 saturated carbocycles. The van der Waals surface area contributed by atoms with Gasteiger partial charge in [-0.15, -0.1) is 0 Å². The fraction of sp³-hybridized carbons (Fsp3) is 0.318. The number of nitrogen functional groups attached to an aromatic ring is 1. The van der Waals surface area contributed by atoms with E-state index in [9.17, 15) is 4.79 Å². The second-order valence-corrected chi connectivity index (χ2v) is 7.91. The van der Waals surface area contributed by atoms with Crippen LogP contribution in [0.1, 0.15) is 17.3 Å². The molecular formula is C22H24N8O2. The van der Waals surface area contributed by atoms with Crippen LogP contribution >= 0.6 is 0 Å². The highest BCUT2D eigenvalue weighted by Gasteiger charge is 2.22. The molecule has 32 heavy (non-hydrogen) atoms. The first-order valence-electron chi connectivity index (χ1n) is 10.6. The van der Waals surface area contributed by atoms with Gasteiger partial charge in [-0.1, -0.05) is 12.1 Å². The summed E-state index contributed by atoms with van der Waals surface area (Å²) in [5.74, 6) is 0.838. The van der Waals surface area contributed by atoms with Crippen LogP contribution in [0.3, 0.4) is 0 Å². The van der Waals surface area contributed by atoms with E-state index in [2.05, 4.69) is 32.2 Å². The van der Waals surface area contributed by atoms with Crippen molar-refractivity contribution >= 4 is 22.8 Å². The number of likely N-dealkylation sites (N-methyl/N-ethyl adjacent to an activating group) is 1. The van der Waals surface area contributed by atoms with Gasteiger partial charge in [-0.2, -0.15) is 0 Å². The molecule has 2 N–H and O–H groups in total. The van der Waals surface area contributed by atoms with Gasteiger partial charge in [0, 0.05) is 50.0 Å². The first-order chi connectivity index (χ1) is 15.6. The normalized spacial score (nSPS) is 14.9. The highest BCUT2D eigenvalue weighted by Crippen LogP contribution is 2.33. The summed E-state index contributed by atoms with van der Waals surface area (Å²) in [6.07, 6.45) is 3.52. The minimum absolute atomic E-state index is 0.0656. The lowest BCUT2D eigenvalue weighted by Gasteiger charge is -2.32. The fourth-order valence-electron chi connectivity index (χ4n) is 4.12. The van der Waals surface area contributed by atoms with Crippen LogP contribution in [-0.4, -0.2) is 73.8 Å². The number of piperazine rings is 1. The first kappa shape index (κ1) is 20.1. The van der Waals surface area contributed by atoms with Crippen LogP contribution in [0.25, 0.3) is 33.7 Å². The third kappa shape index (κ3) is 3.38. The van der Waals surface area contributed by atoms with Crippen LogP contribution in [0, 0.1) is 0 Å². The molecule has 0 radical (unpaired) electrons. The van der Waals surface area contributed by atoms with E-state index in [-0.39, 0.29) is 11.7 Å². The minimum Gasteiger partial charge on any atom is -0.379 e. The van der Waals surface area contributed by atoms with Gasteiger partial charge < -0.3 is 20.1 Å². The zero-order valence-corrected chi connectivity index (χ0v) is 18.0. The largest absolute Gasteiger partial charge is 0.379 e. The lowest BCUT2D eigenvalue weighted by atomic mass is 10.0. The number of aryl methyl sites for hydroxylation is 1. The Hall–Kier alpha value is -3.79. The summed E-state index contributed by atoms with van der Waals surface area (Å²) < 4.78 is 6.79. The van der Waals surface area contributed by atoms with E-state index in [4.69, 9.17) is 10.4 Å². The van der Waals surface area contributed by atoms with E-state index in [0.717, 1.165) is 48.3 Å². The molecule has 3 aromatic heterocycles. The summed E-state index contributed by atoms with van der Waals surface area (Å²) in [5, 5.41) is 7.58. The standard InChI is InChI=1S/C22H24N8O2/c1-3-30-19-16(12-24-13-17(19)25-21(30)18-20(23)27-32-26-18)14-4-6-15(7-5-14)22(31)29-10-8-28(2)9-11-29/h4-7,12-13H,3,8-11H2,1-2H3,(H2,23,27). The molecule has 1 saturated heterocycles. The Morgan fingerprint density at radius 2 is 1.84 bits per heavy atom. The molecule has 10 nitrogen and oxygen atoms in total. The van der Waals surface area contributed by atoms with Crippen molar-refractivity contribution in [2.45, 2.75) is 13.5 Å². The van der Waals surface area contributed by atoms with Crippen molar-refractivity contribution in [3.63, 3.8) is 0 Å². The van der Waals surface area contributed by atoms with Gasteiger partial charge in [0.2, 0.25) is 0 Å². The molecule has 1 fully saturated rings. The van der Waals surface area contributed by atoms with Gasteiger partial charge >= 0.3 is 0 Å². The monoisotopic (exact) mass is 432 g/mol. The van der Waals surface area contributed by atoms with Crippen LogP contribution in [0.2, 0.25) is 0 Å². The van der Waals surface area contributed by atoms with Gasteiger partial charge in [-0.3, -0.25) is 9.78 Å². The number of carbonyl (C=O) groups is 1. The maximum Gasteiger partial charge on any atom is 0.253 e. The topological polar surface area (TPSA) is 119 Å². The van der Waals surface area contributed by atoms with Crippen molar-refractivity contribution in [2.24, 2.45) is 0 Å². The molecule has 4 aromatic rings. The molecule has 1 aliphatic rings. The van der Waals surface area contributed by atoms with E-state index in [0.29, 0.717) is 23.6 Å². The average molecular weight is 432 g/mol. The molecule has 0 unspecified atom stereocenters. The molecule has 1 aromatic carbocycles. The van der Waals surface area contributed by atoms with Crippen LogP contribution in [0.15, 0.2) is 41.3 Å². The van der Waals surface area contributed by atoms with Crippen LogP contribution in [0.4, 0.5) is 5.82 Å². The smallest absolute Gasteiger partial charge is 0.253 e. The van der Waals surface area contributed by atoms with Gasteiger partial charge in [0.1, 0.15) is 5.52 Å². The molecule has 164 valence electrons. The molecule has 10 heteroatoms. The zero-order chi connectivity index (χ0) is 22.2. The SMILES string of the molecule is CCn1c(-c2nonc2N)nc2cncc(-c3ccc(C(=O)N4CCN(C)CC4)cc3)c21. The lowest BCUT2D eigenvalue weighted by molar-refractivity contribution is 0.0664. The Labute approximate surface area is 184 Å². The summed E-state index contributed by atoms with van der Waals surface area (Å²) in [5.41, 5.74) is 10.5. The number of anilines is 1. The number of amides is 1. The van der Waals surface area contributed by atoms with Gasteiger partial charge in [-0.25, -0.2) is 9.61 Å². The van der Waals surface area contributed by atoms with Crippen molar-refractivity contribution in [1.29, 1.82) is 0 Å². The maximum atomic E-state index is 12.9. The molecule has 0 aliphatic carbocycles. The van der Waals surface area contributed by atoms with E-state index in [1.165, 1.54) is 0 Å². The van der Waals surface area contributed by atoms with Gasteiger partial charge in [-0.05, 0) is 42.0 Å². The number of rotatable bonds is 4. The second kappa shape index (κ2) is 8.04. The third-order valence-electron chi connectivity index (χ3n) is 5.93. The number of carbonyl (C=O) groups excluding carboxylic acids is 1. The third-order valence-corrected chi connectivity index (χ3v) is 5.93. The van der Waals surface area contributed by atoms with Crippen molar-refractivity contribution in [2.75, 3.05) is 39.0 Å². The number of imidazole rings is 1. The average Bonchev–Trinajstić information content (AvgIpc) is 3.41. The van der Waals surface area contributed by atoms with Gasteiger partial charge in [0.05, 0.1) is 11.7 Å². The van der Waals surface area contributed by atoms with Crippen molar-refractivity contribution in [1.82, 2.24) is 34.6 Å². The highest BCUT2D eigenvalue weighted by molar-refractivity contribution is 5.97. The first-order valence-corrected chi connectivity index (χ1v) is 10.6.